The van der Waals surface area contributed by atoms with Crippen LogP contribution in [0.4, 0.5) is 0 Å². The summed E-state index contributed by atoms with van der Waals surface area (Å²) in [7, 11) is 0. The van der Waals surface area contributed by atoms with Crippen molar-refractivity contribution in [1.29, 1.82) is 5.41 Å². The van der Waals surface area contributed by atoms with Crippen molar-refractivity contribution in [1.82, 2.24) is 0 Å². The first-order valence-corrected chi connectivity index (χ1v) is 2.59. The molecule has 2 nitrogen and oxygen atoms in total. The van der Waals surface area contributed by atoms with Crippen molar-refractivity contribution in [3.05, 3.63) is 12.3 Å². The molecule has 0 radical (unpaired) electrons. The van der Waals surface area contributed by atoms with Gasteiger partial charge < -0.3 is 5.41 Å². The smallest absolute Gasteiger partial charge is 0.0278 e. The zero-order valence-electron chi connectivity index (χ0n) is 4.96. The number of allylic oxidation sites excluding steroid dienone is 1. The highest BCUT2D eigenvalue weighted by Gasteiger charge is 1.60. The van der Waals surface area contributed by atoms with Crippen molar-refractivity contribution in [3.8, 4) is 0 Å². The van der Waals surface area contributed by atoms with E-state index in [1.165, 1.54) is 6.21 Å². The van der Waals surface area contributed by atoms with Crippen LogP contribution in [0.15, 0.2) is 17.3 Å². The summed E-state index contributed by atoms with van der Waals surface area (Å²) in [6.07, 6.45) is 7.11. The first-order valence-electron chi connectivity index (χ1n) is 2.59. The molecule has 1 N–H and O–H groups in total. The Morgan fingerprint density at radius 3 is 2.88 bits per heavy atom. The van der Waals surface area contributed by atoms with Crippen molar-refractivity contribution in [2.45, 2.75) is 13.3 Å². The summed E-state index contributed by atoms with van der Waals surface area (Å²) in [5.74, 6) is 0. The van der Waals surface area contributed by atoms with E-state index >= 15 is 0 Å². The van der Waals surface area contributed by atoms with Crippen molar-refractivity contribution in [3.63, 3.8) is 0 Å². The quantitative estimate of drug-likeness (QED) is 0.536. The van der Waals surface area contributed by atoms with Crippen LogP contribution in [0.1, 0.15) is 13.3 Å². The first kappa shape index (κ1) is 7.08. The predicted octanol–water partition coefficient (Wildman–Crippen LogP) is 1.63. The average Bonchev–Trinajstić information content (AvgIpc) is 1.81. The van der Waals surface area contributed by atoms with Crippen LogP contribution in [0.2, 0.25) is 0 Å². The minimum atomic E-state index is 0.947. The standard InChI is InChI=1S/C6H10N2/c1-2-5-8-6-3-4-7/h3-7H,2H2,1H3/b6-3-,7-4?,8-5-. The van der Waals surface area contributed by atoms with Crippen LogP contribution in [-0.4, -0.2) is 12.4 Å². The third-order valence-electron chi connectivity index (χ3n) is 0.556. The molecule has 0 atom stereocenters. The van der Waals surface area contributed by atoms with Crippen LogP contribution in [0, 0.1) is 5.41 Å². The van der Waals surface area contributed by atoms with E-state index in [9.17, 15) is 0 Å². The molecule has 0 aliphatic carbocycles. The number of nitrogens with zero attached hydrogens (tertiary/aromatic N) is 1. The highest BCUT2D eigenvalue weighted by atomic mass is 14.7. The molecule has 0 aromatic rings. The van der Waals surface area contributed by atoms with Gasteiger partial charge in [0.2, 0.25) is 0 Å². The van der Waals surface area contributed by atoms with E-state index < -0.39 is 0 Å². The van der Waals surface area contributed by atoms with Gasteiger partial charge in [0.15, 0.2) is 0 Å². The molecule has 0 aromatic heterocycles. The van der Waals surface area contributed by atoms with Crippen molar-refractivity contribution < 1.29 is 0 Å². The van der Waals surface area contributed by atoms with Gasteiger partial charge in [-0.2, -0.15) is 0 Å². The molecular weight excluding hydrogens is 100 g/mol. The fourth-order valence-electron chi connectivity index (χ4n) is 0.259. The zero-order chi connectivity index (χ0) is 6.24. The summed E-state index contributed by atoms with van der Waals surface area (Å²) in [5, 5.41) is 6.55. The normalized spacial score (nSPS) is 11.1. The third kappa shape index (κ3) is 5.08. The van der Waals surface area contributed by atoms with Gasteiger partial charge in [-0.3, -0.25) is 4.99 Å². The Morgan fingerprint density at radius 2 is 2.38 bits per heavy atom. The summed E-state index contributed by atoms with van der Waals surface area (Å²) in [5.41, 5.74) is 0. The Balaban J connectivity index is 3.26. The number of nitrogens with one attached hydrogen (secondary N) is 1. The maximum Gasteiger partial charge on any atom is 0.0278 e. The van der Waals surface area contributed by atoms with Gasteiger partial charge in [-0.15, -0.1) is 0 Å². The van der Waals surface area contributed by atoms with E-state index in [0.717, 1.165) is 6.42 Å². The lowest BCUT2D eigenvalue weighted by atomic mass is 10.5. The summed E-state index contributed by atoms with van der Waals surface area (Å²) in [6.45, 7) is 2.02. The lowest BCUT2D eigenvalue weighted by molar-refractivity contribution is 1.31. The van der Waals surface area contributed by atoms with Gasteiger partial charge in [0, 0.05) is 18.6 Å². The Labute approximate surface area is 49.5 Å². The molecule has 0 aliphatic heterocycles. The van der Waals surface area contributed by atoms with Crippen LogP contribution in [0.25, 0.3) is 0 Å². The van der Waals surface area contributed by atoms with Crippen LogP contribution in [-0.2, 0) is 0 Å². The molecule has 44 valence electrons. The summed E-state index contributed by atoms with van der Waals surface area (Å²) >= 11 is 0. The molecular formula is C6H10N2. The minimum Gasteiger partial charge on any atom is -0.309 e. The lowest BCUT2D eigenvalue weighted by Crippen LogP contribution is -1.63. The van der Waals surface area contributed by atoms with Crippen molar-refractivity contribution in [2.75, 3.05) is 0 Å². The molecule has 0 heterocycles. The molecule has 0 saturated carbocycles. The minimum absolute atomic E-state index is 0.947. The fourth-order valence-corrected chi connectivity index (χ4v) is 0.259. The topological polar surface area (TPSA) is 36.2 Å². The molecule has 0 spiro atoms. The molecule has 0 unspecified atom stereocenters. The summed E-state index contributed by atoms with van der Waals surface area (Å²) in [6, 6.07) is 0. The van der Waals surface area contributed by atoms with E-state index in [2.05, 4.69) is 4.99 Å². The van der Waals surface area contributed by atoms with E-state index in [-0.39, 0.29) is 0 Å². The molecule has 0 aliphatic rings. The molecule has 0 saturated heterocycles. The van der Waals surface area contributed by atoms with Crippen LogP contribution in [0.3, 0.4) is 0 Å². The van der Waals surface area contributed by atoms with Crippen LogP contribution >= 0.6 is 0 Å². The number of aliphatic imine (C=N–C) groups is 1. The Kier molecular flexibility index (Phi) is 5.38. The van der Waals surface area contributed by atoms with Crippen molar-refractivity contribution in [2.24, 2.45) is 4.99 Å². The number of hydrogen-bond donors (Lipinski definition) is 1. The van der Waals surface area contributed by atoms with E-state index in [1.807, 2.05) is 6.92 Å². The van der Waals surface area contributed by atoms with Gasteiger partial charge in [-0.25, -0.2) is 0 Å². The van der Waals surface area contributed by atoms with Crippen LogP contribution < -0.4 is 0 Å². The molecule has 0 amide bonds. The molecule has 0 aromatic carbocycles. The Morgan fingerprint density at radius 1 is 1.62 bits per heavy atom. The van der Waals surface area contributed by atoms with Gasteiger partial charge in [-0.1, -0.05) is 6.92 Å². The van der Waals surface area contributed by atoms with Gasteiger partial charge in [0.1, 0.15) is 0 Å². The average molecular weight is 110 g/mol. The fraction of sp³-hybridized carbons (Fsp3) is 0.333. The summed E-state index contributed by atoms with van der Waals surface area (Å²) in [4.78, 5) is 3.82. The molecule has 0 bridgehead atoms. The summed E-state index contributed by atoms with van der Waals surface area (Å²) < 4.78 is 0. The lowest BCUT2D eigenvalue weighted by Gasteiger charge is -1.71. The Bertz CT molecular complexity index is 103. The molecule has 2 heteroatoms. The Hall–Kier alpha value is -0.920. The second-order valence-corrected chi connectivity index (χ2v) is 1.25. The number of hydrogen-bond acceptors (Lipinski definition) is 2. The zero-order valence-corrected chi connectivity index (χ0v) is 4.96. The monoisotopic (exact) mass is 110 g/mol. The van der Waals surface area contributed by atoms with E-state index in [1.54, 1.807) is 18.5 Å². The maximum atomic E-state index is 6.55. The predicted molar refractivity (Wildman–Crippen MR) is 36.7 cm³/mol. The van der Waals surface area contributed by atoms with Gasteiger partial charge in [0.25, 0.3) is 0 Å². The SMILES string of the molecule is CC/C=N\C=C/C=N. The van der Waals surface area contributed by atoms with E-state index in [4.69, 9.17) is 5.41 Å². The van der Waals surface area contributed by atoms with Gasteiger partial charge in [-0.05, 0) is 12.5 Å². The largest absolute Gasteiger partial charge is 0.309 e. The van der Waals surface area contributed by atoms with Crippen LogP contribution in [0.5, 0.6) is 0 Å². The third-order valence-corrected chi connectivity index (χ3v) is 0.556. The molecule has 0 fully saturated rings. The highest BCUT2D eigenvalue weighted by molar-refractivity contribution is 5.68. The second-order valence-electron chi connectivity index (χ2n) is 1.25. The highest BCUT2D eigenvalue weighted by Crippen LogP contribution is 1.71. The molecule has 8 heavy (non-hydrogen) atoms. The van der Waals surface area contributed by atoms with Gasteiger partial charge >= 0.3 is 0 Å². The number of rotatable bonds is 3. The van der Waals surface area contributed by atoms with Gasteiger partial charge in [0.05, 0.1) is 0 Å². The maximum absolute atomic E-state index is 6.55. The second kappa shape index (κ2) is 6.08. The van der Waals surface area contributed by atoms with E-state index in [0.29, 0.717) is 0 Å². The molecule has 0 rings (SSSR count). The van der Waals surface area contributed by atoms with Crippen molar-refractivity contribution >= 4 is 12.4 Å². The first-order chi connectivity index (χ1) is 3.91.